The lowest BCUT2D eigenvalue weighted by atomic mass is 9.95. The summed E-state index contributed by atoms with van der Waals surface area (Å²) in [6.45, 7) is 0. The maximum absolute atomic E-state index is 12.9. The standard InChI is InChI=1S/C20H27N3O2/c24-19(21-15-7-3-1-4-8-15)18-14-11-12-17(13-14)23(18)20(25)22-16-9-5-2-6-10-16/h1,3-4,7-8,14,16-18H,2,5-6,9-13H2,(H,21,24)(H,22,25). The van der Waals surface area contributed by atoms with Crippen LogP contribution < -0.4 is 10.6 Å². The number of hydrogen-bond donors (Lipinski definition) is 2. The first-order valence-electron chi connectivity index (χ1n) is 9.67. The van der Waals surface area contributed by atoms with Crippen molar-refractivity contribution >= 4 is 17.6 Å². The molecule has 1 aromatic rings. The fourth-order valence-electron chi connectivity index (χ4n) is 4.85. The van der Waals surface area contributed by atoms with E-state index in [2.05, 4.69) is 10.6 Å². The molecule has 3 aliphatic rings. The smallest absolute Gasteiger partial charge is 0.318 e. The largest absolute Gasteiger partial charge is 0.335 e. The van der Waals surface area contributed by atoms with E-state index in [9.17, 15) is 9.59 Å². The molecule has 25 heavy (non-hydrogen) atoms. The summed E-state index contributed by atoms with van der Waals surface area (Å²) in [5.74, 6) is 0.253. The third-order valence-electron chi connectivity index (χ3n) is 6.06. The molecular weight excluding hydrogens is 314 g/mol. The minimum absolute atomic E-state index is 0.0349. The Morgan fingerprint density at radius 3 is 2.48 bits per heavy atom. The molecule has 1 saturated heterocycles. The first-order valence-corrected chi connectivity index (χ1v) is 9.67. The van der Waals surface area contributed by atoms with Crippen LogP contribution in [0.1, 0.15) is 51.4 Å². The second-order valence-corrected chi connectivity index (χ2v) is 7.72. The summed E-state index contributed by atoms with van der Waals surface area (Å²) < 4.78 is 0. The van der Waals surface area contributed by atoms with Crippen molar-refractivity contribution in [1.29, 1.82) is 0 Å². The van der Waals surface area contributed by atoms with Gasteiger partial charge in [0.25, 0.3) is 0 Å². The van der Waals surface area contributed by atoms with E-state index in [1.807, 2.05) is 35.2 Å². The third-order valence-corrected chi connectivity index (χ3v) is 6.06. The Balaban J connectivity index is 1.45. The lowest BCUT2D eigenvalue weighted by Crippen LogP contribution is -2.56. The predicted molar refractivity (Wildman–Crippen MR) is 97.2 cm³/mol. The maximum Gasteiger partial charge on any atom is 0.318 e. The molecule has 3 atom stereocenters. The number of carbonyl (C=O) groups is 2. The van der Waals surface area contributed by atoms with Crippen molar-refractivity contribution in [3.63, 3.8) is 0 Å². The van der Waals surface area contributed by atoms with Gasteiger partial charge in [0.2, 0.25) is 5.91 Å². The van der Waals surface area contributed by atoms with E-state index in [0.717, 1.165) is 37.8 Å². The monoisotopic (exact) mass is 341 g/mol. The highest BCUT2D eigenvalue weighted by Gasteiger charge is 2.51. The molecule has 1 heterocycles. The number of amides is 3. The maximum atomic E-state index is 12.9. The van der Waals surface area contributed by atoms with E-state index in [1.165, 1.54) is 19.3 Å². The Morgan fingerprint density at radius 1 is 0.960 bits per heavy atom. The molecular formula is C20H27N3O2. The van der Waals surface area contributed by atoms with Crippen molar-refractivity contribution < 1.29 is 9.59 Å². The van der Waals surface area contributed by atoms with Gasteiger partial charge in [-0.1, -0.05) is 37.5 Å². The summed E-state index contributed by atoms with van der Waals surface area (Å²) in [5, 5.41) is 6.20. The Morgan fingerprint density at radius 2 is 1.72 bits per heavy atom. The zero-order chi connectivity index (χ0) is 17.2. The molecule has 2 saturated carbocycles. The summed E-state index contributed by atoms with van der Waals surface area (Å²) in [5.41, 5.74) is 0.794. The van der Waals surface area contributed by atoms with Crippen molar-refractivity contribution in [2.75, 3.05) is 5.32 Å². The summed E-state index contributed by atoms with van der Waals surface area (Å²) in [7, 11) is 0. The average molecular weight is 341 g/mol. The van der Waals surface area contributed by atoms with Crippen LogP contribution in [0.25, 0.3) is 0 Å². The molecule has 5 heteroatoms. The number of nitrogens with one attached hydrogen (secondary N) is 2. The number of nitrogens with zero attached hydrogens (tertiary/aromatic N) is 1. The molecule has 2 bridgehead atoms. The van der Waals surface area contributed by atoms with Crippen LogP contribution in [0.4, 0.5) is 10.5 Å². The highest BCUT2D eigenvalue weighted by atomic mass is 16.2. The molecule has 1 aromatic carbocycles. The second-order valence-electron chi connectivity index (χ2n) is 7.72. The number of urea groups is 1. The van der Waals surface area contributed by atoms with Gasteiger partial charge in [-0.15, -0.1) is 0 Å². The van der Waals surface area contributed by atoms with Gasteiger partial charge < -0.3 is 15.5 Å². The lowest BCUT2D eigenvalue weighted by molar-refractivity contribution is -0.121. The number of benzene rings is 1. The topological polar surface area (TPSA) is 61.4 Å². The van der Waals surface area contributed by atoms with Crippen LogP contribution in [0.2, 0.25) is 0 Å². The van der Waals surface area contributed by atoms with Gasteiger partial charge in [0.05, 0.1) is 0 Å². The lowest BCUT2D eigenvalue weighted by Gasteiger charge is -2.36. The van der Waals surface area contributed by atoms with Crippen molar-refractivity contribution in [2.45, 2.75) is 69.5 Å². The van der Waals surface area contributed by atoms with E-state index in [1.54, 1.807) is 0 Å². The fourth-order valence-corrected chi connectivity index (χ4v) is 4.85. The van der Waals surface area contributed by atoms with Gasteiger partial charge in [-0.25, -0.2) is 4.79 Å². The van der Waals surface area contributed by atoms with Crippen LogP contribution in [-0.2, 0) is 4.79 Å². The predicted octanol–water partition coefficient (Wildman–Crippen LogP) is 3.52. The zero-order valence-electron chi connectivity index (χ0n) is 14.6. The minimum Gasteiger partial charge on any atom is -0.335 e. The van der Waals surface area contributed by atoms with Crippen molar-refractivity contribution in [2.24, 2.45) is 5.92 Å². The van der Waals surface area contributed by atoms with Gasteiger partial charge in [-0.3, -0.25) is 4.79 Å². The number of anilines is 1. The number of rotatable bonds is 3. The molecule has 2 aliphatic carbocycles. The fraction of sp³-hybridized carbons (Fsp3) is 0.600. The van der Waals surface area contributed by atoms with Crippen LogP contribution in [0, 0.1) is 5.92 Å². The van der Waals surface area contributed by atoms with E-state index >= 15 is 0 Å². The Kier molecular flexibility index (Phi) is 4.64. The molecule has 5 nitrogen and oxygen atoms in total. The quantitative estimate of drug-likeness (QED) is 0.883. The van der Waals surface area contributed by atoms with Crippen molar-refractivity contribution in [3.05, 3.63) is 30.3 Å². The first-order chi connectivity index (χ1) is 12.2. The van der Waals surface area contributed by atoms with Gasteiger partial charge in [0.15, 0.2) is 0 Å². The van der Waals surface area contributed by atoms with Gasteiger partial charge in [-0.2, -0.15) is 0 Å². The van der Waals surface area contributed by atoms with Crippen LogP contribution >= 0.6 is 0 Å². The highest BCUT2D eigenvalue weighted by molar-refractivity contribution is 5.98. The van der Waals surface area contributed by atoms with Gasteiger partial charge >= 0.3 is 6.03 Å². The summed E-state index contributed by atoms with van der Waals surface area (Å²) in [6.07, 6.45) is 8.81. The summed E-state index contributed by atoms with van der Waals surface area (Å²) in [6, 6.07) is 9.65. The van der Waals surface area contributed by atoms with Gasteiger partial charge in [-0.05, 0) is 50.2 Å². The van der Waals surface area contributed by atoms with E-state index in [0.29, 0.717) is 5.92 Å². The SMILES string of the molecule is O=C(Nc1ccccc1)C1C2CCC(C2)N1C(=O)NC1CCCCC1. The number of fused-ring (bicyclic) bond motifs is 2. The van der Waals surface area contributed by atoms with Crippen LogP contribution in [0.5, 0.6) is 0 Å². The number of likely N-dealkylation sites (tertiary alicyclic amines) is 1. The molecule has 1 aliphatic heterocycles. The number of hydrogen-bond acceptors (Lipinski definition) is 2. The van der Waals surface area contributed by atoms with Gasteiger partial charge in [0.1, 0.15) is 6.04 Å². The Bertz CT molecular complexity index is 627. The molecule has 3 fully saturated rings. The molecule has 0 spiro atoms. The minimum atomic E-state index is -0.331. The molecule has 3 amide bonds. The highest BCUT2D eigenvalue weighted by Crippen LogP contribution is 2.43. The van der Waals surface area contributed by atoms with Gasteiger partial charge in [0, 0.05) is 17.8 Å². The van der Waals surface area contributed by atoms with E-state index in [-0.39, 0.29) is 30.1 Å². The molecule has 4 rings (SSSR count). The molecule has 2 N–H and O–H groups in total. The summed E-state index contributed by atoms with van der Waals surface area (Å²) >= 11 is 0. The molecule has 3 unspecified atom stereocenters. The molecule has 134 valence electrons. The zero-order valence-corrected chi connectivity index (χ0v) is 14.6. The Hall–Kier alpha value is -2.04. The first kappa shape index (κ1) is 16.4. The van der Waals surface area contributed by atoms with Crippen LogP contribution in [0.15, 0.2) is 30.3 Å². The van der Waals surface area contributed by atoms with Crippen molar-refractivity contribution in [1.82, 2.24) is 10.2 Å². The number of carbonyl (C=O) groups excluding carboxylic acids is 2. The average Bonchev–Trinajstić information content (AvgIpc) is 3.24. The third kappa shape index (κ3) is 3.37. The molecule has 0 radical (unpaired) electrons. The molecule has 0 aromatic heterocycles. The second kappa shape index (κ2) is 7.06. The van der Waals surface area contributed by atoms with E-state index in [4.69, 9.17) is 0 Å². The number of para-hydroxylation sites is 1. The van der Waals surface area contributed by atoms with Crippen LogP contribution in [-0.4, -0.2) is 35.0 Å². The van der Waals surface area contributed by atoms with E-state index < -0.39 is 0 Å². The normalized spacial score (nSPS) is 28.8. The summed E-state index contributed by atoms with van der Waals surface area (Å²) in [4.78, 5) is 27.6. The Labute approximate surface area is 149 Å². The number of piperidine rings is 1. The van der Waals surface area contributed by atoms with Crippen molar-refractivity contribution in [3.8, 4) is 0 Å². The van der Waals surface area contributed by atoms with Crippen LogP contribution in [0.3, 0.4) is 0 Å².